The predicted octanol–water partition coefficient (Wildman–Crippen LogP) is 4.59. The summed E-state index contributed by atoms with van der Waals surface area (Å²) in [6.45, 7) is 3.18. The molecular weight excluding hydrogens is 364 g/mol. The van der Waals surface area contributed by atoms with Crippen LogP contribution in [0, 0.1) is 0 Å². The van der Waals surface area contributed by atoms with E-state index in [-0.39, 0.29) is 5.56 Å². The zero-order chi connectivity index (χ0) is 17.9. The molecule has 0 amide bonds. The first-order valence-electron chi connectivity index (χ1n) is 8.80. The summed E-state index contributed by atoms with van der Waals surface area (Å²) in [5.41, 5.74) is 2.97. The molecule has 4 aromatic rings. The van der Waals surface area contributed by atoms with Gasteiger partial charge in [0.15, 0.2) is 10.1 Å². The average molecular weight is 385 g/mol. The number of aryl methyl sites for hydroxylation is 1. The number of fused-ring (bicyclic) bond motifs is 2. The van der Waals surface area contributed by atoms with Crippen molar-refractivity contribution in [3.63, 3.8) is 0 Å². The highest BCUT2D eigenvalue weighted by molar-refractivity contribution is 7.98. The minimum absolute atomic E-state index is 0.0247. The number of aromatic nitrogens is 4. The highest BCUT2D eigenvalue weighted by Gasteiger charge is 2.12. The van der Waals surface area contributed by atoms with Crippen LogP contribution in [0.3, 0.4) is 0 Å². The number of para-hydroxylation sites is 2. The van der Waals surface area contributed by atoms with Crippen molar-refractivity contribution in [1.29, 1.82) is 0 Å². The lowest BCUT2D eigenvalue weighted by Crippen LogP contribution is -2.12. The number of benzene rings is 1. The fourth-order valence-electron chi connectivity index (χ4n) is 3.00. The summed E-state index contributed by atoms with van der Waals surface area (Å²) in [5.74, 6) is 0.640. The second-order valence-corrected chi connectivity index (χ2v) is 7.99. The molecule has 4 rings (SSSR count). The highest BCUT2D eigenvalue weighted by atomic mass is 32.2. The van der Waals surface area contributed by atoms with E-state index in [9.17, 15) is 4.79 Å². The molecule has 5 nitrogen and oxygen atoms in total. The Morgan fingerprint density at radius 1 is 1.19 bits per heavy atom. The first-order valence-corrected chi connectivity index (χ1v) is 10.7. The molecule has 0 saturated carbocycles. The molecule has 0 atom stereocenters. The molecule has 0 N–H and O–H groups in total. The maximum atomic E-state index is 12.2. The second kappa shape index (κ2) is 7.63. The number of thiazole rings is 1. The van der Waals surface area contributed by atoms with E-state index in [0.717, 1.165) is 34.3 Å². The number of unbranched alkanes of at least 4 members (excludes halogenated alkanes) is 2. The largest absolute Gasteiger partial charge is 0.319 e. The Labute approximate surface area is 159 Å². The first kappa shape index (κ1) is 17.3. The molecule has 0 aliphatic heterocycles. The number of rotatable bonds is 7. The number of imidazole rings is 1. The van der Waals surface area contributed by atoms with Crippen LogP contribution in [0.1, 0.15) is 31.9 Å². The summed E-state index contributed by atoms with van der Waals surface area (Å²) in [6.07, 6.45) is 5.32. The second-order valence-electron chi connectivity index (χ2n) is 6.17. The summed E-state index contributed by atoms with van der Waals surface area (Å²) in [4.78, 5) is 22.3. The Morgan fingerprint density at radius 2 is 2.08 bits per heavy atom. The molecule has 7 heteroatoms. The zero-order valence-electron chi connectivity index (χ0n) is 14.6. The van der Waals surface area contributed by atoms with E-state index in [1.807, 2.05) is 11.4 Å². The van der Waals surface area contributed by atoms with Crippen LogP contribution < -0.4 is 5.56 Å². The fraction of sp³-hybridized carbons (Fsp3) is 0.316. The predicted molar refractivity (Wildman–Crippen MR) is 108 cm³/mol. The van der Waals surface area contributed by atoms with E-state index in [2.05, 4.69) is 34.7 Å². The average Bonchev–Trinajstić information content (AvgIpc) is 3.25. The van der Waals surface area contributed by atoms with Crippen LogP contribution >= 0.6 is 23.1 Å². The topological polar surface area (TPSA) is 52.2 Å². The molecule has 0 bridgehead atoms. The summed E-state index contributed by atoms with van der Waals surface area (Å²) < 4.78 is 3.88. The van der Waals surface area contributed by atoms with Crippen molar-refractivity contribution < 1.29 is 0 Å². The molecule has 0 spiro atoms. The Kier molecular flexibility index (Phi) is 5.08. The van der Waals surface area contributed by atoms with Crippen molar-refractivity contribution in [2.45, 2.75) is 43.6 Å². The molecule has 26 heavy (non-hydrogen) atoms. The van der Waals surface area contributed by atoms with Crippen LogP contribution in [-0.2, 0) is 12.3 Å². The monoisotopic (exact) mass is 384 g/mol. The SMILES string of the molecule is CCCCCn1c(SCc2cc(=O)n3ccsc3n2)nc2ccccc21. The third-order valence-corrected chi connectivity index (χ3v) is 6.08. The van der Waals surface area contributed by atoms with E-state index in [0.29, 0.717) is 5.75 Å². The molecule has 0 fully saturated rings. The van der Waals surface area contributed by atoms with E-state index >= 15 is 0 Å². The van der Waals surface area contributed by atoms with Gasteiger partial charge < -0.3 is 4.57 Å². The van der Waals surface area contributed by atoms with Gasteiger partial charge in [-0.3, -0.25) is 9.20 Å². The summed E-state index contributed by atoms with van der Waals surface area (Å²) >= 11 is 3.13. The Hall–Kier alpha value is -2.12. The van der Waals surface area contributed by atoms with Gasteiger partial charge >= 0.3 is 0 Å². The van der Waals surface area contributed by atoms with E-state index in [4.69, 9.17) is 4.98 Å². The Balaban J connectivity index is 1.61. The molecular formula is C19H20N4OS2. The summed E-state index contributed by atoms with van der Waals surface area (Å²) in [7, 11) is 0. The quantitative estimate of drug-likeness (QED) is 0.345. The molecule has 3 heterocycles. The standard InChI is InChI=1S/C19H20N4OS2/c1-2-3-6-9-22-16-8-5-4-7-15(16)21-19(22)26-13-14-12-17(24)23-10-11-25-18(23)20-14/h4-5,7-8,10-12H,2-3,6,9,13H2,1H3. The van der Waals surface area contributed by atoms with Crippen molar-refractivity contribution in [2.24, 2.45) is 0 Å². The van der Waals surface area contributed by atoms with Gasteiger partial charge in [0.2, 0.25) is 0 Å². The van der Waals surface area contributed by atoms with E-state index in [1.54, 1.807) is 28.4 Å². The van der Waals surface area contributed by atoms with Gasteiger partial charge in [-0.15, -0.1) is 11.3 Å². The van der Waals surface area contributed by atoms with Gasteiger partial charge in [-0.25, -0.2) is 9.97 Å². The lowest BCUT2D eigenvalue weighted by molar-refractivity contribution is 0.579. The molecule has 0 unspecified atom stereocenters. The van der Waals surface area contributed by atoms with Gasteiger partial charge in [-0.05, 0) is 18.6 Å². The zero-order valence-corrected chi connectivity index (χ0v) is 16.2. The minimum Gasteiger partial charge on any atom is -0.319 e. The van der Waals surface area contributed by atoms with Gasteiger partial charge in [0.05, 0.1) is 16.7 Å². The smallest absolute Gasteiger partial charge is 0.258 e. The maximum absolute atomic E-state index is 12.2. The van der Waals surface area contributed by atoms with Gasteiger partial charge in [0.1, 0.15) is 0 Å². The first-order chi connectivity index (χ1) is 12.8. The molecule has 0 radical (unpaired) electrons. The van der Waals surface area contributed by atoms with Gasteiger partial charge in [-0.1, -0.05) is 43.7 Å². The summed E-state index contributed by atoms with van der Waals surface area (Å²) in [5, 5.41) is 2.88. The lowest BCUT2D eigenvalue weighted by Gasteiger charge is -2.08. The van der Waals surface area contributed by atoms with Crippen molar-refractivity contribution in [3.8, 4) is 0 Å². The maximum Gasteiger partial charge on any atom is 0.258 e. The van der Waals surface area contributed by atoms with Crippen LogP contribution in [0.5, 0.6) is 0 Å². The van der Waals surface area contributed by atoms with Crippen LogP contribution in [0.15, 0.2) is 51.9 Å². The molecule has 0 aliphatic rings. The summed E-state index contributed by atoms with van der Waals surface area (Å²) in [6, 6.07) is 9.88. The van der Waals surface area contributed by atoms with Crippen LogP contribution in [0.25, 0.3) is 16.0 Å². The molecule has 134 valence electrons. The third-order valence-electron chi connectivity index (χ3n) is 4.31. The number of nitrogens with zero attached hydrogens (tertiary/aromatic N) is 4. The van der Waals surface area contributed by atoms with E-state index in [1.165, 1.54) is 29.7 Å². The fourth-order valence-corrected chi connectivity index (χ4v) is 4.67. The van der Waals surface area contributed by atoms with Crippen LogP contribution in [-0.4, -0.2) is 18.9 Å². The number of hydrogen-bond acceptors (Lipinski definition) is 5. The van der Waals surface area contributed by atoms with Crippen molar-refractivity contribution in [2.75, 3.05) is 0 Å². The Bertz CT molecular complexity index is 1100. The lowest BCUT2D eigenvalue weighted by atomic mass is 10.2. The normalized spacial score (nSPS) is 11.6. The molecule has 1 aromatic carbocycles. The molecule has 0 saturated heterocycles. The Morgan fingerprint density at radius 3 is 2.96 bits per heavy atom. The number of thioether (sulfide) groups is 1. The molecule has 0 aliphatic carbocycles. The van der Waals surface area contributed by atoms with Gasteiger partial charge in [0.25, 0.3) is 5.56 Å². The van der Waals surface area contributed by atoms with Gasteiger partial charge in [-0.2, -0.15) is 0 Å². The highest BCUT2D eigenvalue weighted by Crippen LogP contribution is 2.27. The minimum atomic E-state index is -0.0247. The van der Waals surface area contributed by atoms with Crippen molar-refractivity contribution in [1.82, 2.24) is 18.9 Å². The van der Waals surface area contributed by atoms with Crippen LogP contribution in [0.2, 0.25) is 0 Å². The van der Waals surface area contributed by atoms with Gasteiger partial charge in [0, 0.05) is 29.9 Å². The molecule has 3 aromatic heterocycles. The van der Waals surface area contributed by atoms with Crippen LogP contribution in [0.4, 0.5) is 0 Å². The third kappa shape index (κ3) is 3.41. The van der Waals surface area contributed by atoms with Crippen molar-refractivity contribution in [3.05, 3.63) is 58.0 Å². The number of hydrogen-bond donors (Lipinski definition) is 0. The van der Waals surface area contributed by atoms with Crippen molar-refractivity contribution >= 4 is 39.1 Å². The van der Waals surface area contributed by atoms with E-state index < -0.39 is 0 Å².